The number of thiophene rings is 1. The summed E-state index contributed by atoms with van der Waals surface area (Å²) in [6, 6.07) is 9.62. The average Bonchev–Trinajstić information content (AvgIpc) is 3.40. The molecule has 0 aliphatic rings. The lowest BCUT2D eigenvalue weighted by Crippen LogP contribution is -2.23. The van der Waals surface area contributed by atoms with E-state index in [0.717, 1.165) is 5.56 Å². The lowest BCUT2D eigenvalue weighted by Gasteiger charge is -2.03. The van der Waals surface area contributed by atoms with E-state index in [1.54, 1.807) is 24.3 Å². The molecule has 0 aliphatic carbocycles. The second kappa shape index (κ2) is 7.69. The van der Waals surface area contributed by atoms with Gasteiger partial charge in [-0.15, -0.1) is 11.3 Å². The third-order valence-corrected chi connectivity index (χ3v) is 6.04. The van der Waals surface area contributed by atoms with Crippen molar-refractivity contribution in [1.82, 2.24) is 19.9 Å². The van der Waals surface area contributed by atoms with E-state index in [4.69, 9.17) is 4.52 Å². The Morgan fingerprint density at radius 2 is 1.97 bits per heavy atom. The summed E-state index contributed by atoms with van der Waals surface area (Å²) in [5.41, 5.74) is 1.30. The van der Waals surface area contributed by atoms with Gasteiger partial charge in [0.2, 0.25) is 5.82 Å². The number of nitrogens with zero attached hydrogens (tertiary/aromatic N) is 4. The number of aromatic carboxylic acids is 1. The van der Waals surface area contributed by atoms with E-state index in [2.05, 4.69) is 31.2 Å². The van der Waals surface area contributed by atoms with Gasteiger partial charge in [0.25, 0.3) is 5.89 Å². The first-order valence-corrected chi connectivity index (χ1v) is 9.86. The van der Waals surface area contributed by atoms with Crippen LogP contribution >= 0.6 is 27.3 Å². The van der Waals surface area contributed by atoms with Crippen molar-refractivity contribution in [3.63, 3.8) is 0 Å². The molecule has 3 heterocycles. The fraction of sp³-hybridized carbons (Fsp3) is 0.111. The zero-order valence-electron chi connectivity index (χ0n) is 14.7. The van der Waals surface area contributed by atoms with Crippen molar-refractivity contribution < 1.29 is 27.6 Å². The zero-order valence-corrected chi connectivity index (χ0v) is 17.1. The van der Waals surface area contributed by atoms with E-state index in [9.17, 15) is 23.1 Å². The van der Waals surface area contributed by atoms with Crippen molar-refractivity contribution in [3.05, 3.63) is 63.2 Å². The van der Waals surface area contributed by atoms with E-state index < -0.39 is 17.0 Å². The third kappa shape index (κ3) is 4.14. The molecule has 0 bridgehead atoms. The maximum atomic E-state index is 13.0. The maximum Gasteiger partial charge on any atom is 0.426 e. The fourth-order valence-corrected chi connectivity index (χ4v) is 4.30. The van der Waals surface area contributed by atoms with Crippen LogP contribution in [-0.2, 0) is 12.7 Å². The van der Waals surface area contributed by atoms with Crippen molar-refractivity contribution in [2.45, 2.75) is 12.7 Å². The molecule has 0 radical (unpaired) electrons. The molecule has 3 aromatic heterocycles. The minimum absolute atomic E-state index is 0.0124. The molecule has 12 heteroatoms. The molecule has 0 N–H and O–H groups in total. The monoisotopic (exact) mass is 497 g/mol. The summed E-state index contributed by atoms with van der Waals surface area (Å²) in [6.45, 7) is 0.342. The second-order valence-corrected chi connectivity index (χ2v) is 8.00. The Kier molecular flexibility index (Phi) is 5.20. The van der Waals surface area contributed by atoms with Crippen molar-refractivity contribution in [2.24, 2.45) is 0 Å². The Hall–Kier alpha value is -2.99. The molecule has 0 spiro atoms. The van der Waals surface area contributed by atoms with E-state index in [0.29, 0.717) is 23.4 Å². The van der Waals surface area contributed by atoms with Crippen LogP contribution in [-0.4, -0.2) is 25.9 Å². The number of alkyl halides is 3. The molecule has 4 aromatic rings. The van der Waals surface area contributed by atoms with Crippen molar-refractivity contribution in [2.75, 3.05) is 0 Å². The summed E-state index contributed by atoms with van der Waals surface area (Å²) in [7, 11) is 0. The Bertz CT molecular complexity index is 1210. The van der Waals surface area contributed by atoms with Gasteiger partial charge in [0, 0.05) is 16.2 Å². The number of hydrogen-bond donors (Lipinski definition) is 0. The molecule has 0 saturated heterocycles. The van der Waals surface area contributed by atoms with Crippen LogP contribution in [0.5, 0.6) is 0 Å². The second-order valence-electron chi connectivity index (χ2n) is 6.09. The number of benzene rings is 1. The summed E-state index contributed by atoms with van der Waals surface area (Å²) < 4.78 is 45.4. The molecule has 0 atom stereocenters. The van der Waals surface area contributed by atoms with Gasteiger partial charge in [0.15, 0.2) is 0 Å². The van der Waals surface area contributed by atoms with Gasteiger partial charge in [-0.1, -0.05) is 29.4 Å². The Balaban J connectivity index is 1.52. The first-order chi connectivity index (χ1) is 14.2. The fourth-order valence-electron chi connectivity index (χ4n) is 2.61. The number of carbonyl (C=O) groups is 1. The van der Waals surface area contributed by atoms with Crippen LogP contribution in [0, 0.1) is 0 Å². The molecule has 154 valence electrons. The summed E-state index contributed by atoms with van der Waals surface area (Å²) in [5, 5.41) is 18.5. The molecular weight excluding hydrogens is 489 g/mol. The molecule has 0 unspecified atom stereocenters. The Morgan fingerprint density at radius 3 is 2.57 bits per heavy atom. The normalized spacial score (nSPS) is 11.7. The number of aromatic nitrogens is 4. The van der Waals surface area contributed by atoms with Crippen LogP contribution in [0.25, 0.3) is 22.2 Å². The first kappa shape index (κ1) is 20.3. The molecule has 30 heavy (non-hydrogen) atoms. The molecule has 4 rings (SSSR count). The minimum Gasteiger partial charge on any atom is -0.543 e. The SMILES string of the molecule is O=C([O-])c1ccn(Cc2ccc(-c3noc(-c4cc(Br)c(C(F)(F)F)s4)n3)cc2)n1. The van der Waals surface area contributed by atoms with Crippen LogP contribution in [0.15, 0.2) is 51.6 Å². The van der Waals surface area contributed by atoms with Gasteiger partial charge < -0.3 is 14.4 Å². The lowest BCUT2D eigenvalue weighted by molar-refractivity contribution is -0.255. The van der Waals surface area contributed by atoms with Crippen LogP contribution in [0.1, 0.15) is 20.9 Å². The number of carboxylic acid groups (broad SMARTS) is 1. The molecular formula is C18H9BrF3N4O3S-. The van der Waals surface area contributed by atoms with E-state index in [-0.39, 0.29) is 26.8 Å². The Morgan fingerprint density at radius 1 is 1.23 bits per heavy atom. The van der Waals surface area contributed by atoms with Gasteiger partial charge in [0.1, 0.15) is 10.6 Å². The standard InChI is InChI=1S/C18H10BrF3N4O3S/c19-11-7-13(30-14(11)18(20,21)22)16-23-15(25-29-16)10-3-1-9(2-4-10)8-26-6-5-12(24-26)17(27)28/h1-7H,8H2,(H,27,28)/p-1. The smallest absolute Gasteiger partial charge is 0.426 e. The number of carboxylic acids is 1. The topological polar surface area (TPSA) is 96.9 Å². The van der Waals surface area contributed by atoms with E-state index in [1.807, 2.05) is 0 Å². The summed E-state index contributed by atoms with van der Waals surface area (Å²) in [4.78, 5) is 14.4. The van der Waals surface area contributed by atoms with E-state index >= 15 is 0 Å². The molecule has 1 aromatic carbocycles. The van der Waals surface area contributed by atoms with Gasteiger partial charge in [-0.2, -0.15) is 23.3 Å². The highest BCUT2D eigenvalue weighted by atomic mass is 79.9. The number of halogens is 4. The molecule has 0 aliphatic heterocycles. The minimum atomic E-state index is -4.48. The van der Waals surface area contributed by atoms with Crippen molar-refractivity contribution in [3.8, 4) is 22.2 Å². The highest BCUT2D eigenvalue weighted by Crippen LogP contribution is 2.43. The predicted octanol–water partition coefficient (Wildman–Crippen LogP) is 3.85. The Labute approximate surface area is 178 Å². The van der Waals surface area contributed by atoms with Gasteiger partial charge in [-0.25, -0.2) is 0 Å². The number of hydrogen-bond acceptors (Lipinski definition) is 7. The molecule has 7 nitrogen and oxygen atoms in total. The first-order valence-electron chi connectivity index (χ1n) is 8.25. The van der Waals surface area contributed by atoms with Gasteiger partial charge in [0.05, 0.1) is 17.4 Å². The highest BCUT2D eigenvalue weighted by Gasteiger charge is 2.36. The summed E-state index contributed by atoms with van der Waals surface area (Å²) in [6.07, 6.45) is -2.95. The average molecular weight is 498 g/mol. The van der Waals surface area contributed by atoms with E-state index in [1.165, 1.54) is 23.0 Å². The molecule has 0 fully saturated rings. The molecule has 0 amide bonds. The van der Waals surface area contributed by atoms with Crippen molar-refractivity contribution >= 4 is 33.2 Å². The largest absolute Gasteiger partial charge is 0.543 e. The van der Waals surface area contributed by atoms with Crippen LogP contribution in [0.2, 0.25) is 0 Å². The summed E-state index contributed by atoms with van der Waals surface area (Å²) in [5.74, 6) is -1.13. The highest BCUT2D eigenvalue weighted by molar-refractivity contribution is 9.10. The van der Waals surface area contributed by atoms with Gasteiger partial charge in [-0.05, 0) is 33.6 Å². The quantitative estimate of drug-likeness (QED) is 0.415. The number of carbonyl (C=O) groups excluding carboxylic acids is 1. The summed E-state index contributed by atoms with van der Waals surface area (Å²) >= 11 is 3.42. The van der Waals surface area contributed by atoms with Gasteiger partial charge >= 0.3 is 6.18 Å². The van der Waals surface area contributed by atoms with Crippen LogP contribution < -0.4 is 5.11 Å². The zero-order chi connectivity index (χ0) is 21.5. The lowest BCUT2D eigenvalue weighted by atomic mass is 10.1. The number of rotatable bonds is 5. The van der Waals surface area contributed by atoms with Gasteiger partial charge in [-0.3, -0.25) is 4.68 Å². The third-order valence-electron chi connectivity index (χ3n) is 3.99. The molecule has 0 saturated carbocycles. The maximum absolute atomic E-state index is 13.0. The van der Waals surface area contributed by atoms with Crippen LogP contribution in [0.3, 0.4) is 0 Å². The van der Waals surface area contributed by atoms with Crippen LogP contribution in [0.4, 0.5) is 13.2 Å². The van der Waals surface area contributed by atoms with Crippen molar-refractivity contribution in [1.29, 1.82) is 0 Å². The predicted molar refractivity (Wildman–Crippen MR) is 101 cm³/mol.